The number of nitrogens with two attached hydrogens (primary N) is 1. The highest BCUT2D eigenvalue weighted by molar-refractivity contribution is 5.61. The zero-order valence-electron chi connectivity index (χ0n) is 9.23. The molecule has 4 heteroatoms. The lowest BCUT2D eigenvalue weighted by atomic mass is 10.1. The van der Waals surface area contributed by atoms with E-state index in [1.54, 1.807) is 12.3 Å². The first-order valence-corrected chi connectivity index (χ1v) is 4.97. The Morgan fingerprint density at radius 1 is 1.19 bits per heavy atom. The molecule has 0 aliphatic carbocycles. The number of rotatable bonds is 1. The van der Waals surface area contributed by atoms with Gasteiger partial charge in [-0.1, -0.05) is 0 Å². The second kappa shape index (κ2) is 3.81. The third-order valence-corrected chi connectivity index (χ3v) is 2.43. The van der Waals surface area contributed by atoms with Crippen molar-refractivity contribution in [3.63, 3.8) is 0 Å². The summed E-state index contributed by atoms with van der Waals surface area (Å²) in [4.78, 5) is 8.29. The molecule has 0 aliphatic rings. The quantitative estimate of drug-likeness (QED) is 0.763. The highest BCUT2D eigenvalue weighted by Gasteiger charge is 2.07. The molecule has 0 aliphatic heterocycles. The summed E-state index contributed by atoms with van der Waals surface area (Å²) in [7, 11) is 0. The number of hydrogen-bond acceptors (Lipinski definition) is 4. The van der Waals surface area contributed by atoms with Crippen LogP contribution in [0.25, 0.3) is 11.4 Å². The SMILES string of the molecule is Cc1cc(-c2nccc(N)n2)cc(C)c1O. The van der Waals surface area contributed by atoms with Crippen molar-refractivity contribution in [1.29, 1.82) is 0 Å². The van der Waals surface area contributed by atoms with Crippen LogP contribution < -0.4 is 5.73 Å². The summed E-state index contributed by atoms with van der Waals surface area (Å²) in [5, 5.41) is 9.67. The lowest BCUT2D eigenvalue weighted by Gasteiger charge is -2.07. The summed E-state index contributed by atoms with van der Waals surface area (Å²) in [6.45, 7) is 3.69. The predicted molar refractivity (Wildman–Crippen MR) is 63.0 cm³/mol. The van der Waals surface area contributed by atoms with E-state index >= 15 is 0 Å². The van der Waals surface area contributed by atoms with Crippen LogP contribution in [0, 0.1) is 13.8 Å². The van der Waals surface area contributed by atoms with Crippen molar-refractivity contribution in [2.45, 2.75) is 13.8 Å². The number of hydrogen-bond donors (Lipinski definition) is 2. The van der Waals surface area contributed by atoms with Crippen molar-refractivity contribution >= 4 is 5.82 Å². The number of aromatic nitrogens is 2. The largest absolute Gasteiger partial charge is 0.507 e. The van der Waals surface area contributed by atoms with E-state index in [1.165, 1.54) is 0 Å². The Bertz CT molecular complexity index is 515. The van der Waals surface area contributed by atoms with Crippen LogP contribution >= 0.6 is 0 Å². The summed E-state index contributed by atoms with van der Waals surface area (Å²) in [5.41, 5.74) is 8.08. The molecule has 0 fully saturated rings. The maximum Gasteiger partial charge on any atom is 0.161 e. The first kappa shape index (κ1) is 10.4. The molecule has 82 valence electrons. The number of aryl methyl sites for hydroxylation is 2. The van der Waals surface area contributed by atoms with Gasteiger partial charge in [0.25, 0.3) is 0 Å². The molecule has 2 aromatic rings. The fourth-order valence-corrected chi connectivity index (χ4v) is 1.60. The first-order chi connectivity index (χ1) is 7.58. The van der Waals surface area contributed by atoms with E-state index in [0.29, 0.717) is 17.4 Å². The zero-order chi connectivity index (χ0) is 11.7. The van der Waals surface area contributed by atoms with Crippen LogP contribution in [0.4, 0.5) is 5.82 Å². The van der Waals surface area contributed by atoms with Crippen molar-refractivity contribution < 1.29 is 5.11 Å². The van der Waals surface area contributed by atoms with Crippen LogP contribution in [-0.4, -0.2) is 15.1 Å². The van der Waals surface area contributed by atoms with Crippen LogP contribution in [-0.2, 0) is 0 Å². The minimum Gasteiger partial charge on any atom is -0.507 e. The fourth-order valence-electron chi connectivity index (χ4n) is 1.60. The van der Waals surface area contributed by atoms with E-state index in [9.17, 15) is 5.11 Å². The topological polar surface area (TPSA) is 72.0 Å². The average molecular weight is 215 g/mol. The van der Waals surface area contributed by atoms with Crippen LogP contribution in [0.15, 0.2) is 24.4 Å². The second-order valence-corrected chi connectivity index (χ2v) is 3.76. The summed E-state index contributed by atoms with van der Waals surface area (Å²) in [5.74, 6) is 1.33. The molecule has 4 nitrogen and oxygen atoms in total. The van der Waals surface area contributed by atoms with E-state index in [0.717, 1.165) is 16.7 Å². The van der Waals surface area contributed by atoms with Gasteiger partial charge in [-0.25, -0.2) is 9.97 Å². The van der Waals surface area contributed by atoms with Gasteiger partial charge in [-0.2, -0.15) is 0 Å². The number of phenols is 1. The van der Waals surface area contributed by atoms with Gasteiger partial charge in [0.1, 0.15) is 11.6 Å². The van der Waals surface area contributed by atoms with Crippen LogP contribution in [0.5, 0.6) is 5.75 Å². The summed E-state index contributed by atoms with van der Waals surface area (Å²) >= 11 is 0. The lowest BCUT2D eigenvalue weighted by Crippen LogP contribution is -1.95. The monoisotopic (exact) mass is 215 g/mol. The minimum atomic E-state index is 0.313. The Kier molecular flexibility index (Phi) is 2.48. The van der Waals surface area contributed by atoms with E-state index in [1.807, 2.05) is 26.0 Å². The van der Waals surface area contributed by atoms with Gasteiger partial charge >= 0.3 is 0 Å². The number of benzene rings is 1. The molecule has 16 heavy (non-hydrogen) atoms. The molecule has 0 saturated heterocycles. The van der Waals surface area contributed by atoms with E-state index < -0.39 is 0 Å². The third-order valence-electron chi connectivity index (χ3n) is 2.43. The number of nitrogens with zero attached hydrogens (tertiary/aromatic N) is 2. The Labute approximate surface area is 93.8 Å². The lowest BCUT2D eigenvalue weighted by molar-refractivity contribution is 0.467. The van der Waals surface area contributed by atoms with Crippen molar-refractivity contribution in [2.75, 3.05) is 5.73 Å². The van der Waals surface area contributed by atoms with E-state index in [4.69, 9.17) is 5.73 Å². The van der Waals surface area contributed by atoms with Gasteiger partial charge in [-0.05, 0) is 43.2 Å². The van der Waals surface area contributed by atoms with Crippen LogP contribution in [0.2, 0.25) is 0 Å². The zero-order valence-corrected chi connectivity index (χ0v) is 9.23. The van der Waals surface area contributed by atoms with Crippen molar-refractivity contribution in [2.24, 2.45) is 0 Å². The maximum absolute atomic E-state index is 9.67. The summed E-state index contributed by atoms with van der Waals surface area (Å²) < 4.78 is 0. The molecule has 2 rings (SSSR count). The molecule has 0 saturated carbocycles. The Morgan fingerprint density at radius 3 is 2.38 bits per heavy atom. The van der Waals surface area contributed by atoms with Gasteiger partial charge in [0.2, 0.25) is 0 Å². The third kappa shape index (κ3) is 1.82. The predicted octanol–water partition coefficient (Wildman–Crippen LogP) is 2.05. The second-order valence-electron chi connectivity index (χ2n) is 3.76. The molecule has 0 spiro atoms. The molecule has 0 bridgehead atoms. The average Bonchev–Trinajstić information content (AvgIpc) is 2.25. The molecule has 3 N–H and O–H groups in total. The van der Waals surface area contributed by atoms with Gasteiger partial charge in [0, 0.05) is 11.8 Å². The van der Waals surface area contributed by atoms with Gasteiger partial charge in [-0.3, -0.25) is 0 Å². The van der Waals surface area contributed by atoms with Crippen LogP contribution in [0.3, 0.4) is 0 Å². The molecule has 0 atom stereocenters. The molecule has 1 heterocycles. The molecule has 1 aromatic heterocycles. The number of phenolic OH excluding ortho intramolecular Hbond substituents is 1. The van der Waals surface area contributed by atoms with Crippen molar-refractivity contribution in [1.82, 2.24) is 9.97 Å². The maximum atomic E-state index is 9.67. The molecule has 0 radical (unpaired) electrons. The first-order valence-electron chi connectivity index (χ1n) is 4.97. The fraction of sp³-hybridized carbons (Fsp3) is 0.167. The van der Waals surface area contributed by atoms with E-state index in [-0.39, 0.29) is 0 Å². The molecule has 0 amide bonds. The highest BCUT2D eigenvalue weighted by atomic mass is 16.3. The van der Waals surface area contributed by atoms with Gasteiger partial charge < -0.3 is 10.8 Å². The summed E-state index contributed by atoms with van der Waals surface area (Å²) in [6, 6.07) is 5.33. The minimum absolute atomic E-state index is 0.313. The van der Waals surface area contributed by atoms with E-state index in [2.05, 4.69) is 9.97 Å². The molecule has 1 aromatic carbocycles. The Balaban J connectivity index is 2.57. The Morgan fingerprint density at radius 2 is 1.81 bits per heavy atom. The van der Waals surface area contributed by atoms with Crippen LogP contribution in [0.1, 0.15) is 11.1 Å². The Hall–Kier alpha value is -2.10. The van der Waals surface area contributed by atoms with Gasteiger partial charge in [0.05, 0.1) is 0 Å². The number of aromatic hydroxyl groups is 1. The number of nitrogen functional groups attached to an aromatic ring is 1. The van der Waals surface area contributed by atoms with Crippen molar-refractivity contribution in [3.05, 3.63) is 35.5 Å². The summed E-state index contributed by atoms with van der Waals surface area (Å²) in [6.07, 6.45) is 1.62. The standard InChI is InChI=1S/C12H13N3O/c1-7-5-9(6-8(2)11(7)16)12-14-4-3-10(13)15-12/h3-6,16H,1-2H3,(H2,13,14,15). The molecular formula is C12H13N3O. The molecule has 0 unspecified atom stereocenters. The van der Waals surface area contributed by atoms with Crippen molar-refractivity contribution in [3.8, 4) is 17.1 Å². The van der Waals surface area contributed by atoms with Gasteiger partial charge in [-0.15, -0.1) is 0 Å². The number of anilines is 1. The highest BCUT2D eigenvalue weighted by Crippen LogP contribution is 2.27. The normalized spacial score (nSPS) is 10.4. The van der Waals surface area contributed by atoms with Gasteiger partial charge in [0.15, 0.2) is 5.82 Å². The smallest absolute Gasteiger partial charge is 0.161 e. The molecular weight excluding hydrogens is 202 g/mol.